The van der Waals surface area contributed by atoms with Crippen LogP contribution in [0.4, 0.5) is 0 Å². The minimum atomic E-state index is 0.371. The highest BCUT2D eigenvalue weighted by atomic mass is 16.5. The van der Waals surface area contributed by atoms with Crippen molar-refractivity contribution in [1.82, 2.24) is 10.2 Å². The van der Waals surface area contributed by atoms with Crippen LogP contribution < -0.4 is 10.1 Å². The highest BCUT2D eigenvalue weighted by molar-refractivity contribution is 5.28. The van der Waals surface area contributed by atoms with Crippen LogP contribution in [0.5, 0.6) is 5.75 Å². The van der Waals surface area contributed by atoms with Gasteiger partial charge in [0.25, 0.3) is 0 Å². The monoisotopic (exact) mass is 264 g/mol. The smallest absolute Gasteiger partial charge is 0.119 e. The first-order valence-corrected chi connectivity index (χ1v) is 6.79. The molecule has 1 saturated heterocycles. The molecule has 2 atom stereocenters. The van der Waals surface area contributed by atoms with Gasteiger partial charge in [-0.15, -0.1) is 0 Å². The van der Waals surface area contributed by atoms with E-state index in [0.29, 0.717) is 12.1 Å². The third-order valence-corrected chi connectivity index (χ3v) is 3.63. The van der Waals surface area contributed by atoms with Crippen molar-refractivity contribution in [1.29, 1.82) is 0 Å². The van der Waals surface area contributed by atoms with Gasteiger partial charge in [-0.3, -0.25) is 0 Å². The second-order valence-corrected chi connectivity index (χ2v) is 5.25. The van der Waals surface area contributed by atoms with Crippen molar-refractivity contribution >= 4 is 0 Å². The average molecular weight is 264 g/mol. The van der Waals surface area contributed by atoms with Crippen molar-refractivity contribution in [3.8, 4) is 5.75 Å². The van der Waals surface area contributed by atoms with Crippen molar-refractivity contribution in [2.45, 2.75) is 25.1 Å². The third-order valence-electron chi connectivity index (χ3n) is 3.63. The van der Waals surface area contributed by atoms with Gasteiger partial charge in [0.15, 0.2) is 0 Å². The van der Waals surface area contributed by atoms with E-state index < -0.39 is 0 Å². The molecule has 4 nitrogen and oxygen atoms in total. The Morgan fingerprint density at radius 1 is 1.37 bits per heavy atom. The number of nitrogens with zero attached hydrogens (tertiary/aromatic N) is 1. The van der Waals surface area contributed by atoms with E-state index in [2.05, 4.69) is 29.4 Å². The quantitative estimate of drug-likeness (QED) is 0.844. The highest BCUT2D eigenvalue weighted by Gasteiger charge is 2.24. The zero-order valence-corrected chi connectivity index (χ0v) is 12.1. The largest absolute Gasteiger partial charge is 0.497 e. The number of hydrogen-bond acceptors (Lipinski definition) is 4. The molecule has 1 N–H and O–H groups in total. The number of rotatable bonds is 6. The summed E-state index contributed by atoms with van der Waals surface area (Å²) in [6.45, 7) is 2.94. The Morgan fingerprint density at radius 3 is 2.89 bits per heavy atom. The molecule has 0 saturated carbocycles. The fraction of sp³-hybridized carbons (Fsp3) is 0.600. The van der Waals surface area contributed by atoms with E-state index in [0.717, 1.165) is 31.8 Å². The van der Waals surface area contributed by atoms with Gasteiger partial charge in [-0.05, 0) is 31.2 Å². The van der Waals surface area contributed by atoms with Crippen molar-refractivity contribution in [2.24, 2.45) is 0 Å². The molecule has 0 aromatic heterocycles. The summed E-state index contributed by atoms with van der Waals surface area (Å²) in [5.41, 5.74) is 1.28. The van der Waals surface area contributed by atoms with Crippen LogP contribution in [0.1, 0.15) is 12.0 Å². The molecule has 1 aliphatic rings. The molecular formula is C15H24N2O2. The van der Waals surface area contributed by atoms with Gasteiger partial charge in [0.1, 0.15) is 5.75 Å². The molecule has 0 aliphatic carbocycles. The van der Waals surface area contributed by atoms with Crippen LogP contribution in [0.25, 0.3) is 0 Å². The summed E-state index contributed by atoms with van der Waals surface area (Å²) in [6, 6.07) is 8.78. The lowest BCUT2D eigenvalue weighted by molar-refractivity contribution is 0.116. The number of ether oxygens (including phenoxy) is 2. The topological polar surface area (TPSA) is 33.7 Å². The van der Waals surface area contributed by atoms with Crippen LogP contribution >= 0.6 is 0 Å². The van der Waals surface area contributed by atoms with Crippen molar-refractivity contribution < 1.29 is 9.47 Å². The molecule has 4 heteroatoms. The number of hydrogen-bond donors (Lipinski definition) is 1. The predicted octanol–water partition coefficient (Wildman–Crippen LogP) is 1.50. The molecule has 1 aliphatic heterocycles. The SMILES string of the molecule is COc1cccc(CN(C)CC2CC(OC)CN2)c1. The lowest BCUT2D eigenvalue weighted by Crippen LogP contribution is -2.34. The van der Waals surface area contributed by atoms with Crippen LogP contribution in [0.3, 0.4) is 0 Å². The van der Waals surface area contributed by atoms with Gasteiger partial charge in [0.05, 0.1) is 13.2 Å². The Bertz CT molecular complexity index is 397. The molecule has 0 bridgehead atoms. The summed E-state index contributed by atoms with van der Waals surface area (Å²) >= 11 is 0. The van der Waals surface area contributed by atoms with Crippen LogP contribution in [-0.4, -0.2) is 51.4 Å². The van der Waals surface area contributed by atoms with Gasteiger partial charge >= 0.3 is 0 Å². The van der Waals surface area contributed by atoms with E-state index >= 15 is 0 Å². The van der Waals surface area contributed by atoms with Crippen molar-refractivity contribution in [3.63, 3.8) is 0 Å². The van der Waals surface area contributed by atoms with Crippen LogP contribution in [-0.2, 0) is 11.3 Å². The summed E-state index contributed by atoms with van der Waals surface area (Å²) in [5.74, 6) is 0.921. The maximum atomic E-state index is 5.37. The van der Waals surface area contributed by atoms with E-state index in [-0.39, 0.29) is 0 Å². The van der Waals surface area contributed by atoms with Gasteiger partial charge in [-0.1, -0.05) is 12.1 Å². The molecule has 0 spiro atoms. The average Bonchev–Trinajstić information content (AvgIpc) is 2.86. The second kappa shape index (κ2) is 6.89. The van der Waals surface area contributed by atoms with Crippen molar-refractivity contribution in [2.75, 3.05) is 34.4 Å². The molecule has 2 unspecified atom stereocenters. The molecule has 19 heavy (non-hydrogen) atoms. The van der Waals surface area contributed by atoms with Crippen LogP contribution in [0.15, 0.2) is 24.3 Å². The van der Waals surface area contributed by atoms with Gasteiger partial charge < -0.3 is 19.7 Å². The Labute approximate surface area is 115 Å². The van der Waals surface area contributed by atoms with E-state index in [1.165, 1.54) is 5.56 Å². The molecular weight excluding hydrogens is 240 g/mol. The number of nitrogens with one attached hydrogen (secondary N) is 1. The van der Waals surface area contributed by atoms with E-state index in [4.69, 9.17) is 9.47 Å². The molecule has 1 heterocycles. The number of benzene rings is 1. The fourth-order valence-corrected chi connectivity index (χ4v) is 2.62. The van der Waals surface area contributed by atoms with Gasteiger partial charge in [-0.25, -0.2) is 0 Å². The molecule has 2 rings (SSSR count). The lowest BCUT2D eigenvalue weighted by atomic mass is 10.1. The second-order valence-electron chi connectivity index (χ2n) is 5.25. The molecule has 1 fully saturated rings. The first-order valence-electron chi connectivity index (χ1n) is 6.79. The number of likely N-dealkylation sites (N-methyl/N-ethyl adjacent to an activating group) is 1. The molecule has 0 amide bonds. The molecule has 106 valence electrons. The van der Waals surface area contributed by atoms with E-state index in [9.17, 15) is 0 Å². The van der Waals surface area contributed by atoms with E-state index in [1.54, 1.807) is 14.2 Å². The maximum absolute atomic E-state index is 5.37. The van der Waals surface area contributed by atoms with Crippen molar-refractivity contribution in [3.05, 3.63) is 29.8 Å². The predicted molar refractivity (Wildman–Crippen MR) is 76.5 cm³/mol. The van der Waals surface area contributed by atoms with Gasteiger partial charge in [0.2, 0.25) is 0 Å². The summed E-state index contributed by atoms with van der Waals surface area (Å²) < 4.78 is 10.6. The summed E-state index contributed by atoms with van der Waals surface area (Å²) in [6.07, 6.45) is 1.47. The molecule has 0 radical (unpaired) electrons. The van der Waals surface area contributed by atoms with Gasteiger partial charge in [-0.2, -0.15) is 0 Å². The first-order chi connectivity index (χ1) is 9.21. The summed E-state index contributed by atoms with van der Waals surface area (Å²) in [4.78, 5) is 2.34. The normalized spacial score (nSPS) is 22.9. The molecule has 1 aromatic carbocycles. The van der Waals surface area contributed by atoms with Crippen LogP contribution in [0, 0.1) is 0 Å². The minimum Gasteiger partial charge on any atom is -0.497 e. The summed E-state index contributed by atoms with van der Waals surface area (Å²) in [7, 11) is 5.64. The third kappa shape index (κ3) is 4.20. The van der Waals surface area contributed by atoms with E-state index in [1.807, 2.05) is 12.1 Å². The Hall–Kier alpha value is -1.10. The Balaban J connectivity index is 1.82. The minimum absolute atomic E-state index is 0.371. The Morgan fingerprint density at radius 2 is 2.21 bits per heavy atom. The van der Waals surface area contributed by atoms with Crippen LogP contribution in [0.2, 0.25) is 0 Å². The molecule has 1 aromatic rings. The highest BCUT2D eigenvalue weighted by Crippen LogP contribution is 2.15. The zero-order chi connectivity index (χ0) is 13.7. The lowest BCUT2D eigenvalue weighted by Gasteiger charge is -2.21. The Kier molecular flexibility index (Phi) is 5.19. The number of methoxy groups -OCH3 is 2. The summed E-state index contributed by atoms with van der Waals surface area (Å²) in [5, 5.41) is 3.51. The standard InChI is InChI=1S/C15H24N2O2/c1-17(11-13-8-15(19-3)9-16-13)10-12-5-4-6-14(7-12)18-2/h4-7,13,15-16H,8-11H2,1-3H3. The zero-order valence-electron chi connectivity index (χ0n) is 12.1. The fourth-order valence-electron chi connectivity index (χ4n) is 2.62. The first kappa shape index (κ1) is 14.3. The van der Waals surface area contributed by atoms with Gasteiger partial charge in [0, 0.05) is 32.8 Å². The maximum Gasteiger partial charge on any atom is 0.119 e.